The molecule has 0 saturated carbocycles. The van der Waals surface area contributed by atoms with Crippen LogP contribution < -0.4 is 21.5 Å². The molecular weight excluding hydrogens is 528 g/mol. The third kappa shape index (κ3) is 15.7. The molecule has 0 aliphatic carbocycles. The lowest BCUT2D eigenvalue weighted by molar-refractivity contribution is -0.686. The first kappa shape index (κ1) is 33.7. The second-order valence-corrected chi connectivity index (χ2v) is 8.68. The number of hydrogen-bond acceptors (Lipinski definition) is 7. The van der Waals surface area contributed by atoms with Crippen LogP contribution in [0.2, 0.25) is 0 Å². The zero-order chi connectivity index (χ0) is 25.7. The molecule has 9 heteroatoms. The lowest BCUT2D eigenvalue weighted by atomic mass is 10.0. The molecule has 0 amide bonds. The van der Waals surface area contributed by atoms with Crippen molar-refractivity contribution in [3.63, 3.8) is 0 Å². The summed E-state index contributed by atoms with van der Waals surface area (Å²) in [6, 6.07) is 5.30. The van der Waals surface area contributed by atoms with Gasteiger partial charge in [0.1, 0.15) is 12.3 Å². The van der Waals surface area contributed by atoms with Gasteiger partial charge in [0, 0.05) is 18.6 Å². The van der Waals surface area contributed by atoms with Gasteiger partial charge in [0.25, 0.3) is 0 Å². The van der Waals surface area contributed by atoms with Crippen molar-refractivity contribution in [2.24, 2.45) is 5.16 Å². The minimum atomic E-state index is -0.760. The largest absolute Gasteiger partial charge is 1.00 e. The highest BCUT2D eigenvalue weighted by Gasteiger charge is 2.24. The van der Waals surface area contributed by atoms with E-state index in [1.165, 1.54) is 13.3 Å². The number of esters is 2. The zero-order valence-electron chi connectivity index (χ0n) is 21.7. The molecule has 2 atom stereocenters. The molecular formula is C27H43BrN2O6. The molecule has 2 N–H and O–H groups in total. The Balaban J connectivity index is 0.0000122. The average Bonchev–Trinajstić information content (AvgIpc) is 2.85. The summed E-state index contributed by atoms with van der Waals surface area (Å²) in [5.41, 5.74) is 0.571. The third-order valence-electron chi connectivity index (χ3n) is 5.79. The van der Waals surface area contributed by atoms with Crippen LogP contribution in [0.4, 0.5) is 0 Å². The number of methoxy groups -OCH3 is 1. The highest BCUT2D eigenvalue weighted by atomic mass is 79.9. The molecule has 0 radical (unpaired) electrons. The maximum atomic E-state index is 12.6. The first-order valence-corrected chi connectivity index (χ1v) is 12.8. The van der Waals surface area contributed by atoms with Gasteiger partial charge in [-0.1, -0.05) is 56.3 Å². The smallest absolute Gasteiger partial charge is 0.373 e. The summed E-state index contributed by atoms with van der Waals surface area (Å²) in [6.07, 6.45) is 16.2. The van der Waals surface area contributed by atoms with Crippen molar-refractivity contribution in [2.45, 2.75) is 103 Å². The normalized spacial score (nSPS) is 12.9. The van der Waals surface area contributed by atoms with E-state index in [-0.39, 0.29) is 29.5 Å². The summed E-state index contributed by atoms with van der Waals surface area (Å²) in [6.45, 7) is 2.07. The van der Waals surface area contributed by atoms with Gasteiger partial charge in [-0.2, -0.15) is 4.57 Å². The Kier molecular flexibility index (Phi) is 20.6. The molecule has 0 aliphatic rings. The number of pyridine rings is 1. The Hall–Kier alpha value is -2.26. The van der Waals surface area contributed by atoms with E-state index in [9.17, 15) is 14.7 Å². The van der Waals surface area contributed by atoms with Crippen LogP contribution in [0, 0.1) is 0 Å². The molecule has 0 bridgehead atoms. The topological polar surface area (TPSA) is 109 Å². The molecule has 36 heavy (non-hydrogen) atoms. The number of aromatic nitrogens is 1. The van der Waals surface area contributed by atoms with Crippen LogP contribution in [0.15, 0.2) is 41.7 Å². The molecule has 1 rings (SSSR count). The van der Waals surface area contributed by atoms with E-state index in [0.29, 0.717) is 25.0 Å². The first-order chi connectivity index (χ1) is 17.0. The van der Waals surface area contributed by atoms with Gasteiger partial charge in [-0.15, -0.1) is 0 Å². The number of aliphatic hydroxyl groups is 1. The van der Waals surface area contributed by atoms with Crippen LogP contribution in [0.25, 0.3) is 0 Å². The highest BCUT2D eigenvalue weighted by molar-refractivity contribution is 5.75. The summed E-state index contributed by atoms with van der Waals surface area (Å²) in [4.78, 5) is 23.7. The third-order valence-corrected chi connectivity index (χ3v) is 5.79. The monoisotopic (exact) mass is 570 g/mol. The van der Waals surface area contributed by atoms with Crippen LogP contribution in [-0.2, 0) is 25.6 Å². The second kappa shape index (κ2) is 22.0. The van der Waals surface area contributed by atoms with Crippen LogP contribution >= 0.6 is 0 Å². The zero-order valence-corrected chi connectivity index (χ0v) is 23.3. The number of nitrogens with zero attached hydrogens (tertiary/aromatic N) is 2. The highest BCUT2D eigenvalue weighted by Crippen LogP contribution is 2.15. The number of carbonyl (C=O) groups is 2. The second-order valence-electron chi connectivity index (χ2n) is 8.68. The number of hydrogen-bond donors (Lipinski definition) is 2. The van der Waals surface area contributed by atoms with E-state index in [4.69, 9.17) is 9.94 Å². The van der Waals surface area contributed by atoms with Gasteiger partial charge in [-0.3, -0.25) is 4.79 Å². The number of ether oxygens (including phenoxy) is 2. The van der Waals surface area contributed by atoms with E-state index in [0.717, 1.165) is 57.8 Å². The van der Waals surface area contributed by atoms with E-state index in [1.807, 2.05) is 6.08 Å². The SMILES string of the molecule is CCCCCC(OC(=O)C[n+]1ccccc1/C=N/O)C(O)C/C=C/CCCCCCCC(=O)OC.[Br-]. The lowest BCUT2D eigenvalue weighted by Gasteiger charge is -2.22. The van der Waals surface area contributed by atoms with Crippen LogP contribution in [0.3, 0.4) is 0 Å². The van der Waals surface area contributed by atoms with Gasteiger partial charge in [0.2, 0.25) is 12.2 Å². The molecule has 2 unspecified atom stereocenters. The number of halogens is 1. The van der Waals surface area contributed by atoms with Crippen molar-refractivity contribution in [3.8, 4) is 0 Å². The molecule has 0 aliphatic heterocycles. The Morgan fingerprint density at radius 1 is 1.06 bits per heavy atom. The Morgan fingerprint density at radius 3 is 2.53 bits per heavy atom. The van der Waals surface area contributed by atoms with Crippen molar-refractivity contribution in [3.05, 3.63) is 42.2 Å². The maximum absolute atomic E-state index is 12.6. The Labute approximate surface area is 226 Å². The van der Waals surface area contributed by atoms with E-state index < -0.39 is 18.2 Å². The fraction of sp³-hybridized carbons (Fsp3) is 0.630. The van der Waals surface area contributed by atoms with Gasteiger partial charge >= 0.3 is 11.9 Å². The summed E-state index contributed by atoms with van der Waals surface area (Å²) in [5.74, 6) is -0.588. The van der Waals surface area contributed by atoms with Gasteiger partial charge < -0.3 is 36.8 Å². The molecule has 0 saturated heterocycles. The molecule has 0 spiro atoms. The molecule has 1 aromatic heterocycles. The fourth-order valence-corrected chi connectivity index (χ4v) is 3.75. The minimum Gasteiger partial charge on any atom is -1.00 e. The number of aliphatic hydroxyl groups excluding tert-OH is 1. The quantitative estimate of drug-likeness (QED) is 0.0496. The Morgan fingerprint density at radius 2 is 1.81 bits per heavy atom. The molecule has 0 aromatic carbocycles. The minimum absolute atomic E-state index is 0. The van der Waals surface area contributed by atoms with Crippen molar-refractivity contribution < 1.29 is 50.9 Å². The summed E-state index contributed by atoms with van der Waals surface area (Å²) in [7, 11) is 1.41. The molecule has 1 heterocycles. The Bertz CT molecular complexity index is 787. The van der Waals surface area contributed by atoms with E-state index in [1.54, 1.807) is 29.0 Å². The van der Waals surface area contributed by atoms with Crippen LogP contribution in [0.5, 0.6) is 0 Å². The van der Waals surface area contributed by atoms with Crippen molar-refractivity contribution in [2.75, 3.05) is 7.11 Å². The number of oxime groups is 1. The standard InChI is InChI=1S/C27H42N2O6.BrH/c1-3-4-11-18-25(35-27(32)22-29-20-15-14-16-23(29)21-28-33)24(30)17-12-9-7-5-6-8-10-13-19-26(31)34-2;/h9,12,14-16,20-21,24-25,30H,3-8,10-11,13,17-19,22H2,1-2H3;1H/b12-9+;. The molecule has 1 aromatic rings. The molecule has 204 valence electrons. The number of allylic oxidation sites excluding steroid dienone is 1. The van der Waals surface area contributed by atoms with Crippen molar-refractivity contribution >= 4 is 18.2 Å². The van der Waals surface area contributed by atoms with Crippen LogP contribution in [-0.4, -0.2) is 47.8 Å². The first-order valence-electron chi connectivity index (χ1n) is 12.8. The van der Waals surface area contributed by atoms with Gasteiger partial charge in [0.15, 0.2) is 6.20 Å². The summed E-state index contributed by atoms with van der Waals surface area (Å²) in [5, 5.41) is 22.5. The maximum Gasteiger partial charge on any atom is 0.373 e. The summed E-state index contributed by atoms with van der Waals surface area (Å²) >= 11 is 0. The van der Waals surface area contributed by atoms with Crippen molar-refractivity contribution in [1.29, 1.82) is 0 Å². The number of carbonyl (C=O) groups excluding carboxylic acids is 2. The average molecular weight is 572 g/mol. The number of unbranched alkanes of at least 4 members (excludes halogenated alkanes) is 7. The van der Waals surface area contributed by atoms with Crippen LogP contribution in [0.1, 0.15) is 89.7 Å². The molecule has 8 nitrogen and oxygen atoms in total. The van der Waals surface area contributed by atoms with Gasteiger partial charge in [0.05, 0.1) is 13.2 Å². The summed E-state index contributed by atoms with van der Waals surface area (Å²) < 4.78 is 11.9. The van der Waals surface area contributed by atoms with E-state index in [2.05, 4.69) is 22.9 Å². The van der Waals surface area contributed by atoms with Gasteiger partial charge in [-0.25, -0.2) is 4.79 Å². The lowest BCUT2D eigenvalue weighted by Crippen LogP contribution is -3.00. The van der Waals surface area contributed by atoms with E-state index >= 15 is 0 Å². The molecule has 0 fully saturated rings. The predicted molar refractivity (Wildman–Crippen MR) is 134 cm³/mol. The van der Waals surface area contributed by atoms with Crippen molar-refractivity contribution in [1.82, 2.24) is 0 Å². The fourth-order valence-electron chi connectivity index (χ4n) is 3.75. The van der Waals surface area contributed by atoms with Gasteiger partial charge in [-0.05, 0) is 44.6 Å². The predicted octanol–water partition coefficient (Wildman–Crippen LogP) is 1.49. The number of rotatable bonds is 19.